The molecular weight excluding hydrogens is 222 g/mol. The molecule has 1 heterocycles. The SMILES string of the molecule is ClC(CNc1cnccn1)c1ccccc1. The maximum absolute atomic E-state index is 6.25. The van der Waals surface area contributed by atoms with Crippen molar-refractivity contribution in [2.24, 2.45) is 0 Å². The van der Waals surface area contributed by atoms with Crippen molar-refractivity contribution in [2.75, 3.05) is 11.9 Å². The van der Waals surface area contributed by atoms with E-state index in [0.29, 0.717) is 6.54 Å². The Hall–Kier alpha value is -1.61. The van der Waals surface area contributed by atoms with E-state index in [1.807, 2.05) is 30.3 Å². The molecule has 16 heavy (non-hydrogen) atoms. The van der Waals surface area contributed by atoms with Gasteiger partial charge in [-0.25, -0.2) is 4.98 Å². The van der Waals surface area contributed by atoms with Crippen LogP contribution in [0.25, 0.3) is 0 Å². The predicted octanol–water partition coefficient (Wildman–Crippen LogP) is 2.87. The summed E-state index contributed by atoms with van der Waals surface area (Å²) in [6.07, 6.45) is 4.96. The minimum atomic E-state index is -0.0665. The predicted molar refractivity (Wildman–Crippen MR) is 65.6 cm³/mol. The van der Waals surface area contributed by atoms with Crippen LogP contribution in [-0.4, -0.2) is 16.5 Å². The average Bonchev–Trinajstić information content (AvgIpc) is 2.38. The molecule has 1 unspecified atom stereocenters. The topological polar surface area (TPSA) is 37.8 Å². The van der Waals surface area contributed by atoms with E-state index < -0.39 is 0 Å². The second-order valence-corrected chi connectivity index (χ2v) is 3.88. The van der Waals surface area contributed by atoms with Gasteiger partial charge in [-0.15, -0.1) is 11.6 Å². The quantitative estimate of drug-likeness (QED) is 0.826. The molecule has 0 aliphatic carbocycles. The third-order valence-electron chi connectivity index (χ3n) is 2.19. The van der Waals surface area contributed by atoms with Crippen molar-refractivity contribution in [1.82, 2.24) is 9.97 Å². The largest absolute Gasteiger partial charge is 0.367 e. The van der Waals surface area contributed by atoms with Crippen LogP contribution in [0, 0.1) is 0 Å². The molecular formula is C12H12ClN3. The summed E-state index contributed by atoms with van der Waals surface area (Å²) in [7, 11) is 0. The van der Waals surface area contributed by atoms with Crippen LogP contribution in [0.3, 0.4) is 0 Å². The highest BCUT2D eigenvalue weighted by atomic mass is 35.5. The standard InChI is InChI=1S/C12H12ClN3/c13-11(10-4-2-1-3-5-10)8-16-12-9-14-6-7-15-12/h1-7,9,11H,8H2,(H,15,16). The number of anilines is 1. The number of alkyl halides is 1. The summed E-state index contributed by atoms with van der Waals surface area (Å²) in [6, 6.07) is 9.95. The molecule has 0 aliphatic rings. The molecule has 1 atom stereocenters. The van der Waals surface area contributed by atoms with Gasteiger partial charge in [0.2, 0.25) is 0 Å². The average molecular weight is 234 g/mol. The zero-order valence-electron chi connectivity index (χ0n) is 8.68. The van der Waals surface area contributed by atoms with E-state index in [0.717, 1.165) is 11.4 Å². The van der Waals surface area contributed by atoms with Gasteiger partial charge in [0, 0.05) is 18.9 Å². The Morgan fingerprint density at radius 1 is 1.19 bits per heavy atom. The fraction of sp³-hybridized carbons (Fsp3) is 0.167. The number of aromatic nitrogens is 2. The van der Waals surface area contributed by atoms with Gasteiger partial charge in [-0.05, 0) is 5.56 Å². The molecule has 0 saturated heterocycles. The van der Waals surface area contributed by atoms with E-state index in [2.05, 4.69) is 15.3 Å². The third-order valence-corrected chi connectivity index (χ3v) is 2.59. The van der Waals surface area contributed by atoms with Gasteiger partial charge < -0.3 is 5.32 Å². The first-order valence-corrected chi connectivity index (χ1v) is 5.49. The number of rotatable bonds is 4. The van der Waals surface area contributed by atoms with Crippen molar-refractivity contribution in [2.45, 2.75) is 5.38 Å². The minimum absolute atomic E-state index is 0.0665. The Balaban J connectivity index is 1.92. The van der Waals surface area contributed by atoms with Crippen molar-refractivity contribution in [3.8, 4) is 0 Å². The lowest BCUT2D eigenvalue weighted by Gasteiger charge is -2.10. The van der Waals surface area contributed by atoms with Crippen LogP contribution >= 0.6 is 11.6 Å². The van der Waals surface area contributed by atoms with Crippen molar-refractivity contribution >= 4 is 17.4 Å². The van der Waals surface area contributed by atoms with Crippen LogP contribution in [-0.2, 0) is 0 Å². The van der Waals surface area contributed by atoms with Crippen molar-refractivity contribution < 1.29 is 0 Å². The van der Waals surface area contributed by atoms with Crippen LogP contribution in [0.1, 0.15) is 10.9 Å². The zero-order valence-corrected chi connectivity index (χ0v) is 9.43. The van der Waals surface area contributed by atoms with Gasteiger partial charge in [-0.2, -0.15) is 0 Å². The van der Waals surface area contributed by atoms with Crippen LogP contribution in [0.4, 0.5) is 5.82 Å². The van der Waals surface area contributed by atoms with Crippen molar-refractivity contribution in [1.29, 1.82) is 0 Å². The molecule has 0 bridgehead atoms. The van der Waals surface area contributed by atoms with Crippen LogP contribution in [0.5, 0.6) is 0 Å². The van der Waals surface area contributed by atoms with Crippen LogP contribution in [0.15, 0.2) is 48.9 Å². The number of nitrogens with one attached hydrogen (secondary N) is 1. The Morgan fingerprint density at radius 3 is 2.69 bits per heavy atom. The molecule has 1 aromatic heterocycles. The molecule has 1 N–H and O–H groups in total. The molecule has 82 valence electrons. The molecule has 0 amide bonds. The summed E-state index contributed by atoms with van der Waals surface area (Å²) < 4.78 is 0. The van der Waals surface area contributed by atoms with E-state index in [-0.39, 0.29) is 5.38 Å². The lowest BCUT2D eigenvalue weighted by atomic mass is 10.1. The first-order chi connectivity index (χ1) is 7.86. The third kappa shape index (κ3) is 2.94. The molecule has 1 aromatic carbocycles. The first-order valence-electron chi connectivity index (χ1n) is 5.05. The van der Waals surface area contributed by atoms with Gasteiger partial charge in [-0.1, -0.05) is 30.3 Å². The summed E-state index contributed by atoms with van der Waals surface area (Å²) in [5.74, 6) is 0.740. The van der Waals surface area contributed by atoms with Gasteiger partial charge >= 0.3 is 0 Å². The van der Waals surface area contributed by atoms with E-state index in [1.54, 1.807) is 18.6 Å². The number of halogens is 1. The summed E-state index contributed by atoms with van der Waals surface area (Å²) in [5, 5.41) is 3.07. The maximum Gasteiger partial charge on any atom is 0.144 e. The number of nitrogens with zero attached hydrogens (tertiary/aromatic N) is 2. The Kier molecular flexibility index (Phi) is 3.72. The van der Waals surface area contributed by atoms with Gasteiger partial charge in [-0.3, -0.25) is 4.98 Å². The molecule has 2 rings (SSSR count). The zero-order chi connectivity index (χ0) is 11.2. The molecule has 0 fully saturated rings. The second kappa shape index (κ2) is 5.47. The fourth-order valence-electron chi connectivity index (χ4n) is 1.36. The molecule has 3 nitrogen and oxygen atoms in total. The number of hydrogen-bond acceptors (Lipinski definition) is 3. The van der Waals surface area contributed by atoms with E-state index in [1.165, 1.54) is 0 Å². The highest BCUT2D eigenvalue weighted by Crippen LogP contribution is 2.19. The molecule has 2 aromatic rings. The van der Waals surface area contributed by atoms with Gasteiger partial charge in [0.05, 0.1) is 11.6 Å². The monoisotopic (exact) mass is 233 g/mol. The second-order valence-electron chi connectivity index (χ2n) is 3.35. The lowest BCUT2D eigenvalue weighted by Crippen LogP contribution is -2.09. The number of benzene rings is 1. The van der Waals surface area contributed by atoms with Crippen LogP contribution in [0.2, 0.25) is 0 Å². The smallest absolute Gasteiger partial charge is 0.144 e. The lowest BCUT2D eigenvalue weighted by molar-refractivity contribution is 0.963. The van der Waals surface area contributed by atoms with Crippen molar-refractivity contribution in [3.05, 3.63) is 54.5 Å². The molecule has 0 spiro atoms. The highest BCUT2D eigenvalue weighted by molar-refractivity contribution is 6.21. The first kappa shape index (κ1) is 10.9. The summed E-state index contributed by atoms with van der Waals surface area (Å²) in [4.78, 5) is 8.08. The minimum Gasteiger partial charge on any atom is -0.367 e. The molecule has 0 aliphatic heterocycles. The molecule has 0 radical (unpaired) electrons. The molecule has 4 heteroatoms. The Bertz CT molecular complexity index is 419. The Labute approximate surface area is 99.5 Å². The molecule has 0 saturated carbocycles. The summed E-state index contributed by atoms with van der Waals surface area (Å²) >= 11 is 6.25. The summed E-state index contributed by atoms with van der Waals surface area (Å²) in [6.45, 7) is 0.629. The highest BCUT2D eigenvalue weighted by Gasteiger charge is 2.06. The maximum atomic E-state index is 6.25. The van der Waals surface area contributed by atoms with Gasteiger partial charge in [0.1, 0.15) is 5.82 Å². The van der Waals surface area contributed by atoms with E-state index in [4.69, 9.17) is 11.6 Å². The van der Waals surface area contributed by atoms with Crippen LogP contribution < -0.4 is 5.32 Å². The van der Waals surface area contributed by atoms with Gasteiger partial charge in [0.15, 0.2) is 0 Å². The van der Waals surface area contributed by atoms with Gasteiger partial charge in [0.25, 0.3) is 0 Å². The van der Waals surface area contributed by atoms with Crippen molar-refractivity contribution in [3.63, 3.8) is 0 Å². The summed E-state index contributed by atoms with van der Waals surface area (Å²) in [5.41, 5.74) is 1.10. The Morgan fingerprint density at radius 2 is 2.00 bits per heavy atom. The number of hydrogen-bond donors (Lipinski definition) is 1. The van der Waals surface area contributed by atoms with E-state index in [9.17, 15) is 0 Å². The fourth-order valence-corrected chi connectivity index (χ4v) is 1.59. The normalized spacial score (nSPS) is 12.1. The van der Waals surface area contributed by atoms with E-state index >= 15 is 0 Å².